The van der Waals surface area contributed by atoms with Crippen LogP contribution in [0.15, 0.2) is 12.1 Å². The molecule has 1 saturated carbocycles. The zero-order valence-electron chi connectivity index (χ0n) is 13.5. The lowest BCUT2D eigenvalue weighted by molar-refractivity contribution is 0.248. The molecule has 0 heterocycles. The Balaban J connectivity index is 1.66. The van der Waals surface area contributed by atoms with Crippen LogP contribution in [0.2, 0.25) is 0 Å². The third-order valence-corrected chi connectivity index (χ3v) is 5.03. The SMILES string of the molecule is CCC[C@H]1CC[C@H](CCCCc2cc(F)c(F)c(F)c2)CC1. The van der Waals surface area contributed by atoms with E-state index in [1.54, 1.807) is 0 Å². The van der Waals surface area contributed by atoms with E-state index in [2.05, 4.69) is 6.92 Å². The van der Waals surface area contributed by atoms with Gasteiger partial charge in [0.05, 0.1) is 0 Å². The minimum absolute atomic E-state index is 0.558. The molecule has 1 aromatic carbocycles. The summed E-state index contributed by atoms with van der Waals surface area (Å²) in [5.74, 6) is -1.76. The zero-order valence-corrected chi connectivity index (χ0v) is 13.5. The fraction of sp³-hybridized carbons (Fsp3) is 0.684. The van der Waals surface area contributed by atoms with Gasteiger partial charge in [-0.2, -0.15) is 0 Å². The third kappa shape index (κ3) is 5.03. The van der Waals surface area contributed by atoms with Crippen LogP contribution in [-0.2, 0) is 6.42 Å². The third-order valence-electron chi connectivity index (χ3n) is 5.03. The van der Waals surface area contributed by atoms with E-state index in [9.17, 15) is 13.2 Å². The van der Waals surface area contributed by atoms with Gasteiger partial charge < -0.3 is 0 Å². The maximum atomic E-state index is 13.1. The Labute approximate surface area is 132 Å². The van der Waals surface area contributed by atoms with Crippen molar-refractivity contribution < 1.29 is 13.2 Å². The topological polar surface area (TPSA) is 0 Å². The molecule has 0 aromatic heterocycles. The molecule has 2 rings (SSSR count). The minimum atomic E-state index is -1.37. The lowest BCUT2D eigenvalue weighted by Crippen LogP contribution is -2.14. The summed E-state index contributed by atoms with van der Waals surface area (Å²) in [6.07, 6.45) is 11.9. The highest BCUT2D eigenvalue weighted by atomic mass is 19.2. The molecule has 0 amide bonds. The Morgan fingerprint density at radius 2 is 1.41 bits per heavy atom. The van der Waals surface area contributed by atoms with Gasteiger partial charge in [0.2, 0.25) is 0 Å². The van der Waals surface area contributed by atoms with Crippen molar-refractivity contribution in [2.75, 3.05) is 0 Å². The van der Waals surface area contributed by atoms with Crippen molar-refractivity contribution in [1.82, 2.24) is 0 Å². The van der Waals surface area contributed by atoms with Crippen LogP contribution in [0.1, 0.15) is 70.3 Å². The maximum Gasteiger partial charge on any atom is 0.194 e. The molecule has 1 aliphatic rings. The molecule has 1 aliphatic carbocycles. The smallest absolute Gasteiger partial charge is 0.194 e. The number of hydrogen-bond donors (Lipinski definition) is 0. The average molecular weight is 312 g/mol. The van der Waals surface area contributed by atoms with Crippen LogP contribution in [0.5, 0.6) is 0 Å². The summed E-state index contributed by atoms with van der Waals surface area (Å²) in [7, 11) is 0. The van der Waals surface area contributed by atoms with Crippen LogP contribution < -0.4 is 0 Å². The molecule has 0 saturated heterocycles. The van der Waals surface area contributed by atoms with Crippen molar-refractivity contribution >= 4 is 0 Å². The molecule has 0 N–H and O–H groups in total. The molecule has 0 atom stereocenters. The van der Waals surface area contributed by atoms with Crippen molar-refractivity contribution in [2.45, 2.75) is 71.1 Å². The standard InChI is InChI=1S/C19H27F3/c1-2-5-14-8-10-15(11-9-14)6-3-4-7-16-12-17(20)19(22)18(21)13-16/h12-15H,2-11H2,1H3/t14-,15-. The van der Waals surface area contributed by atoms with Gasteiger partial charge in [-0.15, -0.1) is 0 Å². The van der Waals surface area contributed by atoms with E-state index in [0.29, 0.717) is 12.0 Å². The first-order valence-electron chi connectivity index (χ1n) is 8.73. The number of rotatable bonds is 7. The van der Waals surface area contributed by atoms with Crippen molar-refractivity contribution in [2.24, 2.45) is 11.8 Å². The van der Waals surface area contributed by atoms with E-state index in [4.69, 9.17) is 0 Å². The molecule has 22 heavy (non-hydrogen) atoms. The summed E-state index contributed by atoms with van der Waals surface area (Å²) >= 11 is 0. The van der Waals surface area contributed by atoms with Gasteiger partial charge in [-0.3, -0.25) is 0 Å². The van der Waals surface area contributed by atoms with E-state index >= 15 is 0 Å². The minimum Gasteiger partial charge on any atom is -0.204 e. The van der Waals surface area contributed by atoms with E-state index in [-0.39, 0.29) is 0 Å². The molecule has 0 aliphatic heterocycles. The molecular formula is C19H27F3. The van der Waals surface area contributed by atoms with Gasteiger partial charge in [0.15, 0.2) is 17.5 Å². The predicted molar refractivity (Wildman–Crippen MR) is 84.2 cm³/mol. The molecule has 0 radical (unpaired) electrons. The Kier molecular flexibility index (Phi) is 6.78. The Bertz CT molecular complexity index is 439. The average Bonchev–Trinajstić information content (AvgIpc) is 2.51. The summed E-state index contributed by atoms with van der Waals surface area (Å²) in [4.78, 5) is 0. The van der Waals surface area contributed by atoms with Crippen LogP contribution in [-0.4, -0.2) is 0 Å². The zero-order chi connectivity index (χ0) is 15.9. The van der Waals surface area contributed by atoms with Crippen molar-refractivity contribution in [3.8, 4) is 0 Å². The maximum absolute atomic E-state index is 13.1. The van der Waals surface area contributed by atoms with Crippen LogP contribution in [0.25, 0.3) is 0 Å². The lowest BCUT2D eigenvalue weighted by Gasteiger charge is -2.28. The largest absolute Gasteiger partial charge is 0.204 e. The molecule has 0 unspecified atom stereocenters. The molecule has 0 spiro atoms. The van der Waals surface area contributed by atoms with E-state index in [1.165, 1.54) is 44.9 Å². The molecule has 0 nitrogen and oxygen atoms in total. The van der Waals surface area contributed by atoms with Crippen molar-refractivity contribution in [3.05, 3.63) is 35.1 Å². The first kappa shape index (κ1) is 17.4. The second-order valence-corrected chi connectivity index (χ2v) is 6.79. The summed E-state index contributed by atoms with van der Waals surface area (Å²) in [5.41, 5.74) is 0.558. The van der Waals surface area contributed by atoms with Crippen LogP contribution in [0, 0.1) is 29.3 Å². The molecule has 1 fully saturated rings. The van der Waals surface area contributed by atoms with Crippen molar-refractivity contribution in [1.29, 1.82) is 0 Å². The van der Waals surface area contributed by atoms with Gasteiger partial charge in [0.1, 0.15) is 0 Å². The van der Waals surface area contributed by atoms with Gasteiger partial charge in [-0.05, 0) is 42.4 Å². The van der Waals surface area contributed by atoms with Gasteiger partial charge in [0, 0.05) is 0 Å². The molecule has 124 valence electrons. The van der Waals surface area contributed by atoms with Gasteiger partial charge in [-0.1, -0.05) is 58.3 Å². The van der Waals surface area contributed by atoms with E-state index in [0.717, 1.165) is 36.8 Å². The highest BCUT2D eigenvalue weighted by molar-refractivity contribution is 5.19. The number of halogens is 3. The quantitative estimate of drug-likeness (QED) is 0.402. The first-order valence-corrected chi connectivity index (χ1v) is 8.73. The van der Waals surface area contributed by atoms with Crippen LogP contribution in [0.4, 0.5) is 13.2 Å². The Hall–Kier alpha value is -0.990. The lowest BCUT2D eigenvalue weighted by atomic mass is 9.78. The summed E-state index contributed by atoms with van der Waals surface area (Å²) in [5, 5.41) is 0. The first-order chi connectivity index (χ1) is 10.6. The second kappa shape index (κ2) is 8.59. The normalized spacial score (nSPS) is 22.0. The second-order valence-electron chi connectivity index (χ2n) is 6.79. The predicted octanol–water partition coefficient (Wildman–Crippen LogP) is 6.42. The van der Waals surface area contributed by atoms with E-state index in [1.807, 2.05) is 0 Å². The summed E-state index contributed by atoms with van der Waals surface area (Å²) in [6.45, 7) is 2.26. The van der Waals surface area contributed by atoms with Gasteiger partial charge in [0.25, 0.3) is 0 Å². The number of benzene rings is 1. The van der Waals surface area contributed by atoms with Crippen molar-refractivity contribution in [3.63, 3.8) is 0 Å². The number of aryl methyl sites for hydroxylation is 1. The highest BCUT2D eigenvalue weighted by Gasteiger charge is 2.20. The molecule has 3 heteroatoms. The fourth-order valence-corrected chi connectivity index (χ4v) is 3.73. The molecule has 1 aromatic rings. The van der Waals surface area contributed by atoms with Crippen LogP contribution >= 0.6 is 0 Å². The van der Waals surface area contributed by atoms with Crippen LogP contribution in [0.3, 0.4) is 0 Å². The summed E-state index contributed by atoms with van der Waals surface area (Å²) in [6, 6.07) is 2.24. The highest BCUT2D eigenvalue weighted by Crippen LogP contribution is 2.34. The van der Waals surface area contributed by atoms with Gasteiger partial charge in [-0.25, -0.2) is 13.2 Å². The molecule has 0 bridgehead atoms. The number of unbranched alkanes of at least 4 members (excludes halogenated alkanes) is 1. The molecular weight excluding hydrogens is 285 g/mol. The fourth-order valence-electron chi connectivity index (χ4n) is 3.73. The number of hydrogen-bond acceptors (Lipinski definition) is 0. The monoisotopic (exact) mass is 312 g/mol. The Morgan fingerprint density at radius 1 is 0.864 bits per heavy atom. The van der Waals surface area contributed by atoms with Gasteiger partial charge >= 0.3 is 0 Å². The van der Waals surface area contributed by atoms with E-state index < -0.39 is 17.5 Å². The Morgan fingerprint density at radius 3 is 1.95 bits per heavy atom. The summed E-state index contributed by atoms with van der Waals surface area (Å²) < 4.78 is 39.1.